The van der Waals surface area contributed by atoms with E-state index in [0.29, 0.717) is 12.8 Å². The number of unbranched alkanes of at least 4 members (excludes halogenated alkanes) is 6. The summed E-state index contributed by atoms with van der Waals surface area (Å²) in [6.07, 6.45) is 14.8. The topological polar surface area (TPSA) is 17.1 Å². The van der Waals surface area contributed by atoms with Gasteiger partial charge < -0.3 is 0 Å². The molecule has 0 aromatic heterocycles. The third kappa shape index (κ3) is 9.32. The standard InChI is InChI=1S/C13H22O/c1-3-5-6-7-8-9-10-12-13(14)11-4-2/h2H,3,5-12H2,1H3. The van der Waals surface area contributed by atoms with Crippen LogP contribution in [0.5, 0.6) is 0 Å². The van der Waals surface area contributed by atoms with E-state index in [0.717, 1.165) is 6.42 Å². The summed E-state index contributed by atoms with van der Waals surface area (Å²) < 4.78 is 0. The maximum Gasteiger partial charge on any atom is 0.144 e. The first-order chi connectivity index (χ1) is 6.81. The number of rotatable bonds is 9. The molecule has 0 atom stereocenters. The summed E-state index contributed by atoms with van der Waals surface area (Å²) >= 11 is 0. The van der Waals surface area contributed by atoms with Crippen LogP contribution < -0.4 is 0 Å². The molecule has 1 heteroatoms. The fraction of sp³-hybridized carbons (Fsp3) is 0.769. The average Bonchev–Trinajstić information content (AvgIpc) is 2.17. The van der Waals surface area contributed by atoms with Gasteiger partial charge in [-0.25, -0.2) is 0 Å². The van der Waals surface area contributed by atoms with Gasteiger partial charge in [0.15, 0.2) is 0 Å². The largest absolute Gasteiger partial charge is 0.299 e. The van der Waals surface area contributed by atoms with Gasteiger partial charge >= 0.3 is 0 Å². The minimum Gasteiger partial charge on any atom is -0.299 e. The fourth-order valence-corrected chi connectivity index (χ4v) is 1.48. The molecule has 0 fully saturated rings. The van der Waals surface area contributed by atoms with Crippen LogP contribution in [-0.4, -0.2) is 5.78 Å². The summed E-state index contributed by atoms with van der Waals surface area (Å²) in [5.41, 5.74) is 0. The van der Waals surface area contributed by atoms with Gasteiger partial charge in [0.1, 0.15) is 5.78 Å². The average molecular weight is 194 g/mol. The number of carbonyl (C=O) groups excluding carboxylic acids is 1. The predicted octanol–water partition coefficient (Wildman–Crippen LogP) is 3.72. The van der Waals surface area contributed by atoms with E-state index in [1.54, 1.807) is 0 Å². The molecule has 0 spiro atoms. The maximum atomic E-state index is 11.0. The van der Waals surface area contributed by atoms with Crippen LogP contribution in [0.2, 0.25) is 0 Å². The Morgan fingerprint density at radius 2 is 1.64 bits per heavy atom. The van der Waals surface area contributed by atoms with Gasteiger partial charge in [0.05, 0.1) is 6.42 Å². The zero-order valence-electron chi connectivity index (χ0n) is 9.35. The minimum absolute atomic E-state index is 0.223. The summed E-state index contributed by atoms with van der Waals surface area (Å²) in [6, 6.07) is 0. The molecule has 0 heterocycles. The van der Waals surface area contributed by atoms with Crippen LogP contribution in [0.4, 0.5) is 0 Å². The van der Waals surface area contributed by atoms with Crippen molar-refractivity contribution in [1.29, 1.82) is 0 Å². The first-order valence-electron chi connectivity index (χ1n) is 5.76. The molecule has 0 aliphatic carbocycles. The zero-order valence-corrected chi connectivity index (χ0v) is 9.35. The number of hydrogen-bond acceptors (Lipinski definition) is 1. The van der Waals surface area contributed by atoms with Gasteiger partial charge in [-0.2, -0.15) is 0 Å². The van der Waals surface area contributed by atoms with Crippen molar-refractivity contribution in [2.24, 2.45) is 0 Å². The van der Waals surface area contributed by atoms with Crippen LogP contribution >= 0.6 is 0 Å². The highest BCUT2D eigenvalue weighted by Gasteiger charge is 1.98. The molecular weight excluding hydrogens is 172 g/mol. The molecule has 80 valence electrons. The number of carbonyl (C=O) groups is 1. The molecule has 0 aliphatic heterocycles. The fourth-order valence-electron chi connectivity index (χ4n) is 1.48. The Balaban J connectivity index is 3.06. The first-order valence-corrected chi connectivity index (χ1v) is 5.76. The van der Waals surface area contributed by atoms with E-state index in [9.17, 15) is 4.79 Å². The second kappa shape index (κ2) is 10.3. The van der Waals surface area contributed by atoms with Crippen molar-refractivity contribution >= 4 is 5.78 Å². The molecule has 0 saturated heterocycles. The molecule has 0 bridgehead atoms. The molecule has 0 N–H and O–H groups in total. The lowest BCUT2D eigenvalue weighted by molar-refractivity contribution is -0.118. The molecule has 0 aromatic carbocycles. The van der Waals surface area contributed by atoms with Gasteiger partial charge in [-0.3, -0.25) is 4.79 Å². The monoisotopic (exact) mass is 194 g/mol. The van der Waals surface area contributed by atoms with Crippen molar-refractivity contribution < 1.29 is 4.79 Å². The summed E-state index contributed by atoms with van der Waals surface area (Å²) in [7, 11) is 0. The van der Waals surface area contributed by atoms with Crippen LogP contribution in [0.15, 0.2) is 0 Å². The van der Waals surface area contributed by atoms with Crippen LogP contribution in [0, 0.1) is 12.3 Å². The maximum absolute atomic E-state index is 11.0. The summed E-state index contributed by atoms with van der Waals surface area (Å²) in [5, 5.41) is 0. The number of terminal acetylenes is 1. The highest BCUT2D eigenvalue weighted by atomic mass is 16.1. The van der Waals surface area contributed by atoms with E-state index in [1.807, 2.05) is 0 Å². The Morgan fingerprint density at radius 3 is 2.21 bits per heavy atom. The molecule has 0 radical (unpaired) electrons. The van der Waals surface area contributed by atoms with E-state index in [4.69, 9.17) is 6.42 Å². The lowest BCUT2D eigenvalue weighted by Crippen LogP contribution is -1.95. The van der Waals surface area contributed by atoms with E-state index in [2.05, 4.69) is 12.8 Å². The second-order valence-electron chi connectivity index (χ2n) is 3.79. The molecular formula is C13H22O. The van der Waals surface area contributed by atoms with E-state index < -0.39 is 0 Å². The Morgan fingerprint density at radius 1 is 1.07 bits per heavy atom. The van der Waals surface area contributed by atoms with E-state index in [-0.39, 0.29) is 5.78 Å². The van der Waals surface area contributed by atoms with Gasteiger partial charge in [0, 0.05) is 6.42 Å². The van der Waals surface area contributed by atoms with Gasteiger partial charge in [-0.1, -0.05) is 51.4 Å². The third-order valence-corrected chi connectivity index (χ3v) is 2.36. The summed E-state index contributed by atoms with van der Waals surface area (Å²) in [5.74, 6) is 2.61. The van der Waals surface area contributed by atoms with Gasteiger partial charge in [0.25, 0.3) is 0 Å². The van der Waals surface area contributed by atoms with Gasteiger partial charge in [0.2, 0.25) is 0 Å². The van der Waals surface area contributed by atoms with Crippen molar-refractivity contribution in [3.63, 3.8) is 0 Å². The molecule has 0 saturated carbocycles. The normalized spacial score (nSPS) is 9.71. The second-order valence-corrected chi connectivity index (χ2v) is 3.79. The van der Waals surface area contributed by atoms with Crippen molar-refractivity contribution in [3.8, 4) is 12.3 Å². The zero-order chi connectivity index (χ0) is 10.6. The van der Waals surface area contributed by atoms with Crippen molar-refractivity contribution in [2.75, 3.05) is 0 Å². The molecule has 0 unspecified atom stereocenters. The van der Waals surface area contributed by atoms with Crippen LogP contribution in [-0.2, 0) is 4.79 Å². The highest BCUT2D eigenvalue weighted by Crippen LogP contribution is 2.08. The Labute approximate surface area is 88.3 Å². The minimum atomic E-state index is 0.223. The van der Waals surface area contributed by atoms with Crippen molar-refractivity contribution in [2.45, 2.75) is 64.7 Å². The van der Waals surface area contributed by atoms with E-state index in [1.165, 1.54) is 38.5 Å². The lowest BCUT2D eigenvalue weighted by atomic mass is 10.1. The highest BCUT2D eigenvalue weighted by molar-refractivity contribution is 5.80. The molecule has 0 rings (SSSR count). The Hall–Kier alpha value is -0.770. The Bertz CT molecular complexity index is 176. The molecule has 0 amide bonds. The smallest absolute Gasteiger partial charge is 0.144 e. The Kier molecular flexibility index (Phi) is 9.74. The lowest BCUT2D eigenvalue weighted by Gasteiger charge is -1.99. The number of ketones is 1. The van der Waals surface area contributed by atoms with Crippen LogP contribution in [0.3, 0.4) is 0 Å². The van der Waals surface area contributed by atoms with Gasteiger partial charge in [-0.05, 0) is 6.42 Å². The number of hydrogen-bond donors (Lipinski definition) is 0. The summed E-state index contributed by atoms with van der Waals surface area (Å²) in [6.45, 7) is 2.22. The quantitative estimate of drug-likeness (QED) is 0.404. The first kappa shape index (κ1) is 13.2. The predicted molar refractivity (Wildman–Crippen MR) is 61.1 cm³/mol. The molecule has 1 nitrogen and oxygen atoms in total. The van der Waals surface area contributed by atoms with Crippen molar-refractivity contribution in [1.82, 2.24) is 0 Å². The number of Topliss-reactive ketones (excluding diaryl/α,β-unsaturated/α-hetero) is 1. The van der Waals surface area contributed by atoms with E-state index >= 15 is 0 Å². The van der Waals surface area contributed by atoms with Gasteiger partial charge in [-0.15, -0.1) is 6.42 Å². The molecule has 0 aromatic rings. The summed E-state index contributed by atoms with van der Waals surface area (Å²) in [4.78, 5) is 11.0. The SMILES string of the molecule is C#CCC(=O)CCCCCCCCC. The molecule has 14 heavy (non-hydrogen) atoms. The molecule has 0 aliphatic rings. The van der Waals surface area contributed by atoms with Crippen molar-refractivity contribution in [3.05, 3.63) is 0 Å². The van der Waals surface area contributed by atoms with Crippen LogP contribution in [0.25, 0.3) is 0 Å². The van der Waals surface area contributed by atoms with Crippen LogP contribution in [0.1, 0.15) is 64.7 Å². The third-order valence-electron chi connectivity index (χ3n) is 2.36.